The first-order valence-corrected chi connectivity index (χ1v) is 14.6. The number of rotatable bonds is 7. The SMILES string of the molecule is O=C(c1ccc(SCc2ccccc2)cc1NS(=O)(=O)c1cccc2nsnc12)N1CCCCC1. The molecule has 1 fully saturated rings. The topological polar surface area (TPSA) is 92.3 Å². The number of hydrogen-bond donors (Lipinski definition) is 1. The van der Waals surface area contributed by atoms with Crippen LogP contribution in [0.5, 0.6) is 0 Å². The maximum atomic E-state index is 13.4. The molecule has 0 radical (unpaired) electrons. The van der Waals surface area contributed by atoms with Gasteiger partial charge in [0.2, 0.25) is 0 Å². The summed E-state index contributed by atoms with van der Waals surface area (Å²) in [6.45, 7) is 1.36. The van der Waals surface area contributed by atoms with E-state index in [1.54, 1.807) is 40.9 Å². The van der Waals surface area contributed by atoms with Crippen molar-refractivity contribution in [3.63, 3.8) is 0 Å². The molecule has 1 saturated heterocycles. The molecule has 1 N–H and O–H groups in total. The Hall–Kier alpha value is -2.95. The van der Waals surface area contributed by atoms with E-state index in [-0.39, 0.29) is 16.5 Å². The standard InChI is InChI=1S/C25H24N4O3S3/c30-25(29-14-5-2-6-15-29)20-13-12-19(33-17-18-8-3-1-4-9-18)16-22(20)28-35(31,32)23-11-7-10-21-24(23)27-34-26-21/h1,3-4,7-13,16,28H,2,5-6,14-15,17H2. The molecule has 35 heavy (non-hydrogen) atoms. The summed E-state index contributed by atoms with van der Waals surface area (Å²) in [4.78, 5) is 16.1. The van der Waals surface area contributed by atoms with Crippen LogP contribution in [0.4, 0.5) is 5.69 Å². The molecule has 1 amide bonds. The molecule has 5 rings (SSSR count). The van der Waals surface area contributed by atoms with E-state index in [1.807, 2.05) is 36.4 Å². The van der Waals surface area contributed by atoms with Crippen molar-refractivity contribution >= 4 is 56.1 Å². The van der Waals surface area contributed by atoms with Crippen LogP contribution in [-0.2, 0) is 15.8 Å². The second kappa shape index (κ2) is 10.3. The van der Waals surface area contributed by atoms with Gasteiger partial charge in [-0.1, -0.05) is 36.4 Å². The Morgan fingerprint density at radius 2 is 1.77 bits per heavy atom. The molecule has 4 aromatic rings. The van der Waals surface area contributed by atoms with Gasteiger partial charge in [-0.25, -0.2) is 8.42 Å². The highest BCUT2D eigenvalue weighted by Crippen LogP contribution is 2.31. The minimum absolute atomic E-state index is 0.0439. The van der Waals surface area contributed by atoms with Gasteiger partial charge in [-0.2, -0.15) is 8.75 Å². The predicted octanol–water partition coefficient (Wildman–Crippen LogP) is 5.41. The van der Waals surface area contributed by atoms with Gasteiger partial charge in [0, 0.05) is 23.7 Å². The Morgan fingerprint density at radius 1 is 0.971 bits per heavy atom. The molecule has 180 valence electrons. The van der Waals surface area contributed by atoms with Gasteiger partial charge >= 0.3 is 0 Å². The number of nitrogens with zero attached hydrogens (tertiary/aromatic N) is 3. The van der Waals surface area contributed by atoms with Gasteiger partial charge in [0.15, 0.2) is 0 Å². The number of carbonyl (C=O) groups excluding carboxylic acids is 1. The summed E-state index contributed by atoms with van der Waals surface area (Å²) in [7, 11) is -4.01. The van der Waals surface area contributed by atoms with Gasteiger partial charge in [-0.3, -0.25) is 9.52 Å². The highest BCUT2D eigenvalue weighted by molar-refractivity contribution is 7.98. The van der Waals surface area contributed by atoms with Gasteiger partial charge in [-0.05, 0) is 55.2 Å². The number of nitrogens with one attached hydrogen (secondary N) is 1. The Labute approximate surface area is 212 Å². The fraction of sp³-hybridized carbons (Fsp3) is 0.240. The Balaban J connectivity index is 1.49. The van der Waals surface area contributed by atoms with Crippen LogP contribution in [0.25, 0.3) is 11.0 Å². The summed E-state index contributed by atoms with van der Waals surface area (Å²) >= 11 is 2.56. The third-order valence-electron chi connectivity index (χ3n) is 5.90. The zero-order valence-corrected chi connectivity index (χ0v) is 21.3. The number of fused-ring (bicyclic) bond motifs is 1. The largest absolute Gasteiger partial charge is 0.339 e. The van der Waals surface area contributed by atoms with Gasteiger partial charge in [0.1, 0.15) is 15.9 Å². The van der Waals surface area contributed by atoms with Crippen LogP contribution >= 0.6 is 23.5 Å². The molecule has 0 saturated carbocycles. The number of hydrogen-bond acceptors (Lipinski definition) is 7. The highest BCUT2D eigenvalue weighted by atomic mass is 32.2. The first-order chi connectivity index (χ1) is 17.0. The van der Waals surface area contributed by atoms with E-state index in [0.29, 0.717) is 29.7 Å². The first-order valence-electron chi connectivity index (χ1n) is 11.4. The molecular weight excluding hydrogens is 501 g/mol. The molecule has 2 heterocycles. The molecule has 1 aliphatic heterocycles. The van der Waals surface area contributed by atoms with Crippen LogP contribution in [0.3, 0.4) is 0 Å². The lowest BCUT2D eigenvalue weighted by Gasteiger charge is -2.27. The first kappa shape index (κ1) is 23.8. The molecule has 7 nitrogen and oxygen atoms in total. The summed E-state index contributed by atoms with van der Waals surface area (Å²) < 4.78 is 37.9. The maximum Gasteiger partial charge on any atom is 0.264 e. The molecule has 3 aromatic carbocycles. The van der Waals surface area contributed by atoms with E-state index in [2.05, 4.69) is 13.5 Å². The minimum atomic E-state index is -4.01. The summed E-state index contributed by atoms with van der Waals surface area (Å²) in [5, 5.41) is 0. The molecule has 0 aliphatic carbocycles. The molecule has 0 atom stereocenters. The molecule has 1 aliphatic rings. The van der Waals surface area contributed by atoms with Crippen molar-refractivity contribution in [3.8, 4) is 0 Å². The zero-order chi connectivity index (χ0) is 24.3. The van der Waals surface area contributed by atoms with E-state index >= 15 is 0 Å². The van der Waals surface area contributed by atoms with Crippen LogP contribution in [0.1, 0.15) is 35.2 Å². The third-order valence-corrected chi connectivity index (χ3v) is 8.90. The van der Waals surface area contributed by atoms with Crippen molar-refractivity contribution in [3.05, 3.63) is 77.9 Å². The van der Waals surface area contributed by atoms with E-state index in [0.717, 1.165) is 47.2 Å². The van der Waals surface area contributed by atoms with Gasteiger partial charge < -0.3 is 4.90 Å². The predicted molar refractivity (Wildman–Crippen MR) is 140 cm³/mol. The molecule has 10 heteroatoms. The number of amides is 1. The monoisotopic (exact) mass is 524 g/mol. The smallest absolute Gasteiger partial charge is 0.264 e. The Kier molecular flexibility index (Phi) is 7.03. The van der Waals surface area contributed by atoms with Crippen molar-refractivity contribution in [1.82, 2.24) is 13.6 Å². The van der Waals surface area contributed by atoms with Crippen molar-refractivity contribution in [1.29, 1.82) is 0 Å². The highest BCUT2D eigenvalue weighted by Gasteiger charge is 2.25. The molecule has 0 bridgehead atoms. The number of piperidine rings is 1. The van der Waals surface area contributed by atoms with Crippen molar-refractivity contribution < 1.29 is 13.2 Å². The summed E-state index contributed by atoms with van der Waals surface area (Å²) in [6.07, 6.45) is 3.01. The van der Waals surface area contributed by atoms with Crippen LogP contribution in [0.15, 0.2) is 76.5 Å². The van der Waals surface area contributed by atoms with Crippen LogP contribution in [0.2, 0.25) is 0 Å². The van der Waals surface area contributed by atoms with Crippen molar-refractivity contribution in [2.45, 2.75) is 34.8 Å². The van der Waals surface area contributed by atoms with Crippen LogP contribution in [0, 0.1) is 0 Å². The number of anilines is 1. The molecular formula is C25H24N4O3S3. The number of likely N-dealkylation sites (tertiary alicyclic amines) is 1. The number of thioether (sulfide) groups is 1. The van der Waals surface area contributed by atoms with Crippen molar-refractivity contribution in [2.24, 2.45) is 0 Å². The fourth-order valence-electron chi connectivity index (χ4n) is 4.09. The normalized spacial score (nSPS) is 14.2. The second-order valence-corrected chi connectivity index (χ2v) is 11.6. The lowest BCUT2D eigenvalue weighted by molar-refractivity contribution is 0.0725. The van der Waals surface area contributed by atoms with Crippen LogP contribution < -0.4 is 4.72 Å². The van der Waals surface area contributed by atoms with E-state index in [9.17, 15) is 13.2 Å². The fourth-order valence-corrected chi connectivity index (χ4v) is 6.82. The number of benzene rings is 3. The van der Waals surface area contributed by atoms with E-state index < -0.39 is 10.0 Å². The molecule has 0 spiro atoms. The Morgan fingerprint density at radius 3 is 2.57 bits per heavy atom. The molecule has 0 unspecified atom stereocenters. The van der Waals surface area contributed by atoms with Crippen molar-refractivity contribution in [2.75, 3.05) is 17.8 Å². The molecule has 1 aromatic heterocycles. The summed E-state index contributed by atoms with van der Waals surface area (Å²) in [5.41, 5.74) is 2.64. The number of aromatic nitrogens is 2. The van der Waals surface area contributed by atoms with Gasteiger partial charge in [-0.15, -0.1) is 11.8 Å². The quantitative estimate of drug-likeness (QED) is 0.325. The summed E-state index contributed by atoms with van der Waals surface area (Å²) in [6, 6.07) is 20.3. The second-order valence-electron chi connectivity index (χ2n) is 8.33. The van der Waals surface area contributed by atoms with Gasteiger partial charge in [0.25, 0.3) is 15.9 Å². The maximum absolute atomic E-state index is 13.4. The zero-order valence-electron chi connectivity index (χ0n) is 18.9. The third kappa shape index (κ3) is 5.34. The van der Waals surface area contributed by atoms with E-state index in [1.165, 1.54) is 6.07 Å². The number of carbonyl (C=O) groups is 1. The lowest BCUT2D eigenvalue weighted by atomic mass is 10.1. The van der Waals surface area contributed by atoms with E-state index in [4.69, 9.17) is 0 Å². The minimum Gasteiger partial charge on any atom is -0.339 e. The average molecular weight is 525 g/mol. The van der Waals surface area contributed by atoms with Crippen LogP contribution in [-0.4, -0.2) is 41.1 Å². The Bertz CT molecular complexity index is 1450. The number of sulfonamides is 1. The van der Waals surface area contributed by atoms with Gasteiger partial charge in [0.05, 0.1) is 23.0 Å². The average Bonchev–Trinajstić information content (AvgIpc) is 3.37. The summed E-state index contributed by atoms with van der Waals surface area (Å²) in [5.74, 6) is 0.575. The lowest BCUT2D eigenvalue weighted by Crippen LogP contribution is -2.36.